The topological polar surface area (TPSA) is 58.6 Å². The lowest BCUT2D eigenvalue weighted by Gasteiger charge is -2.17. The van der Waals surface area contributed by atoms with Gasteiger partial charge < -0.3 is 5.11 Å². The maximum atomic E-state index is 11.6. The molecule has 0 radical (unpaired) electrons. The third-order valence-electron chi connectivity index (χ3n) is 2.59. The number of aliphatic hydroxyl groups excluding tert-OH is 1. The van der Waals surface area contributed by atoms with E-state index in [0.29, 0.717) is 6.61 Å². The summed E-state index contributed by atoms with van der Waals surface area (Å²) < 4.78 is 0. The number of hydroxylamine groups is 1. The fraction of sp³-hybridized carbons (Fsp3) is 0.462. The Labute approximate surface area is 102 Å². The van der Waals surface area contributed by atoms with Gasteiger partial charge in [-0.3, -0.25) is 9.63 Å². The summed E-state index contributed by atoms with van der Waals surface area (Å²) in [5.41, 5.74) is 3.35. The van der Waals surface area contributed by atoms with Crippen molar-refractivity contribution in [1.29, 1.82) is 0 Å². The first kappa shape index (κ1) is 13.7. The van der Waals surface area contributed by atoms with E-state index >= 15 is 0 Å². The smallest absolute Gasteiger partial charge is 0.249 e. The molecular weight excluding hydrogens is 218 g/mol. The van der Waals surface area contributed by atoms with Gasteiger partial charge in [0.2, 0.25) is 5.91 Å². The van der Waals surface area contributed by atoms with Gasteiger partial charge in [-0.1, -0.05) is 44.2 Å². The summed E-state index contributed by atoms with van der Waals surface area (Å²) in [5.74, 6) is -0.621. The van der Waals surface area contributed by atoms with Gasteiger partial charge in [0.05, 0.1) is 19.1 Å². The molecule has 1 rings (SSSR count). The number of hydrogen-bond donors (Lipinski definition) is 2. The lowest BCUT2D eigenvalue weighted by molar-refractivity contribution is -0.141. The Morgan fingerprint density at radius 1 is 1.35 bits per heavy atom. The van der Waals surface area contributed by atoms with Crippen molar-refractivity contribution in [2.24, 2.45) is 11.8 Å². The maximum Gasteiger partial charge on any atom is 0.249 e. The first-order valence-corrected chi connectivity index (χ1v) is 5.71. The Kier molecular flexibility index (Phi) is 5.66. The van der Waals surface area contributed by atoms with Crippen molar-refractivity contribution >= 4 is 5.91 Å². The number of carbonyl (C=O) groups is 1. The molecule has 0 aliphatic carbocycles. The van der Waals surface area contributed by atoms with Crippen LogP contribution in [0.3, 0.4) is 0 Å². The molecule has 1 amide bonds. The van der Waals surface area contributed by atoms with Gasteiger partial charge in [-0.05, 0) is 11.5 Å². The van der Waals surface area contributed by atoms with Crippen LogP contribution in [-0.2, 0) is 16.2 Å². The van der Waals surface area contributed by atoms with Gasteiger partial charge in [0.15, 0.2) is 0 Å². The molecule has 0 unspecified atom stereocenters. The molecular formula is C13H19NO3. The predicted molar refractivity (Wildman–Crippen MR) is 64.8 cm³/mol. The van der Waals surface area contributed by atoms with Crippen LogP contribution >= 0.6 is 0 Å². The van der Waals surface area contributed by atoms with E-state index in [9.17, 15) is 4.79 Å². The molecule has 0 bridgehead atoms. The first-order valence-electron chi connectivity index (χ1n) is 5.71. The van der Waals surface area contributed by atoms with Crippen molar-refractivity contribution in [3.8, 4) is 0 Å². The van der Waals surface area contributed by atoms with E-state index in [0.717, 1.165) is 5.56 Å². The summed E-state index contributed by atoms with van der Waals surface area (Å²) >= 11 is 0. The lowest BCUT2D eigenvalue weighted by Crippen LogP contribution is -2.35. The van der Waals surface area contributed by atoms with Crippen LogP contribution in [0.25, 0.3) is 0 Å². The Morgan fingerprint density at radius 3 is 2.53 bits per heavy atom. The Balaban J connectivity index is 2.33. The van der Waals surface area contributed by atoms with Crippen LogP contribution in [0.2, 0.25) is 0 Å². The molecule has 1 atom stereocenters. The SMILES string of the molecule is CC(C)[C@H](CO)C(=O)NOCc1ccccc1. The predicted octanol–water partition coefficient (Wildman–Crippen LogP) is 1.50. The number of hydrogen-bond acceptors (Lipinski definition) is 3. The van der Waals surface area contributed by atoms with Crippen molar-refractivity contribution in [2.45, 2.75) is 20.5 Å². The van der Waals surface area contributed by atoms with Crippen molar-refractivity contribution in [3.63, 3.8) is 0 Å². The van der Waals surface area contributed by atoms with Gasteiger partial charge in [0, 0.05) is 0 Å². The molecule has 0 fully saturated rings. The molecule has 4 heteroatoms. The van der Waals surface area contributed by atoms with Crippen molar-refractivity contribution in [2.75, 3.05) is 6.61 Å². The highest BCUT2D eigenvalue weighted by molar-refractivity contribution is 5.77. The van der Waals surface area contributed by atoms with Gasteiger partial charge in [0.25, 0.3) is 0 Å². The number of rotatable bonds is 6. The third kappa shape index (κ3) is 4.54. The Hall–Kier alpha value is -1.39. The number of aliphatic hydroxyl groups is 1. The Bertz CT molecular complexity index is 338. The summed E-state index contributed by atoms with van der Waals surface area (Å²) in [7, 11) is 0. The van der Waals surface area contributed by atoms with Crippen molar-refractivity contribution < 1.29 is 14.7 Å². The van der Waals surface area contributed by atoms with Crippen LogP contribution < -0.4 is 5.48 Å². The third-order valence-corrected chi connectivity index (χ3v) is 2.59. The van der Waals surface area contributed by atoms with E-state index in [4.69, 9.17) is 9.94 Å². The van der Waals surface area contributed by atoms with Crippen LogP contribution in [0, 0.1) is 11.8 Å². The molecule has 0 saturated carbocycles. The zero-order valence-corrected chi connectivity index (χ0v) is 10.2. The van der Waals surface area contributed by atoms with E-state index in [-0.39, 0.29) is 18.4 Å². The van der Waals surface area contributed by atoms with Gasteiger partial charge in [-0.25, -0.2) is 5.48 Å². The van der Waals surface area contributed by atoms with E-state index in [1.807, 2.05) is 44.2 Å². The highest BCUT2D eigenvalue weighted by atomic mass is 16.6. The van der Waals surface area contributed by atoms with Gasteiger partial charge in [-0.15, -0.1) is 0 Å². The standard InChI is InChI=1S/C13H19NO3/c1-10(2)12(8-15)13(16)14-17-9-11-6-4-3-5-7-11/h3-7,10,12,15H,8-9H2,1-2H3,(H,14,16)/t12-/m0/s1. The minimum Gasteiger partial charge on any atom is -0.396 e. The number of carbonyl (C=O) groups excluding carboxylic acids is 1. The number of nitrogens with one attached hydrogen (secondary N) is 1. The molecule has 0 saturated heterocycles. The van der Waals surface area contributed by atoms with Crippen LogP contribution in [0.15, 0.2) is 30.3 Å². The molecule has 0 aliphatic heterocycles. The monoisotopic (exact) mass is 237 g/mol. The molecule has 0 aliphatic rings. The number of amides is 1. The molecule has 0 aromatic heterocycles. The van der Waals surface area contributed by atoms with Crippen LogP contribution in [0.4, 0.5) is 0 Å². The quantitative estimate of drug-likeness (QED) is 0.737. The van der Waals surface area contributed by atoms with E-state index in [1.165, 1.54) is 0 Å². The minimum absolute atomic E-state index is 0.0836. The Morgan fingerprint density at radius 2 is 2.00 bits per heavy atom. The van der Waals surface area contributed by atoms with E-state index in [2.05, 4.69) is 5.48 Å². The van der Waals surface area contributed by atoms with E-state index in [1.54, 1.807) is 0 Å². The molecule has 2 N–H and O–H groups in total. The van der Waals surface area contributed by atoms with Crippen LogP contribution in [-0.4, -0.2) is 17.6 Å². The number of benzene rings is 1. The second-order valence-corrected chi connectivity index (χ2v) is 4.27. The second-order valence-electron chi connectivity index (χ2n) is 4.27. The highest BCUT2D eigenvalue weighted by Gasteiger charge is 2.21. The van der Waals surface area contributed by atoms with Gasteiger partial charge in [0.1, 0.15) is 0 Å². The van der Waals surface area contributed by atoms with Crippen LogP contribution in [0.5, 0.6) is 0 Å². The lowest BCUT2D eigenvalue weighted by atomic mass is 9.96. The maximum absolute atomic E-state index is 11.6. The van der Waals surface area contributed by atoms with Gasteiger partial charge >= 0.3 is 0 Å². The largest absolute Gasteiger partial charge is 0.396 e. The average Bonchev–Trinajstić information content (AvgIpc) is 2.30. The van der Waals surface area contributed by atoms with Crippen molar-refractivity contribution in [3.05, 3.63) is 35.9 Å². The first-order chi connectivity index (χ1) is 8.15. The molecule has 0 spiro atoms. The fourth-order valence-corrected chi connectivity index (χ4v) is 1.44. The summed E-state index contributed by atoms with van der Waals surface area (Å²) in [4.78, 5) is 16.7. The van der Waals surface area contributed by atoms with Crippen LogP contribution in [0.1, 0.15) is 19.4 Å². The molecule has 1 aromatic rings. The van der Waals surface area contributed by atoms with Crippen molar-refractivity contribution in [1.82, 2.24) is 5.48 Å². The molecule has 4 nitrogen and oxygen atoms in total. The fourth-order valence-electron chi connectivity index (χ4n) is 1.44. The minimum atomic E-state index is -0.425. The summed E-state index contributed by atoms with van der Waals surface area (Å²) in [5, 5.41) is 9.07. The second kappa shape index (κ2) is 7.04. The zero-order valence-electron chi connectivity index (χ0n) is 10.2. The summed E-state index contributed by atoms with van der Waals surface area (Å²) in [6, 6.07) is 9.56. The zero-order chi connectivity index (χ0) is 12.7. The normalized spacial score (nSPS) is 12.5. The average molecular weight is 237 g/mol. The molecule has 0 heterocycles. The molecule has 17 heavy (non-hydrogen) atoms. The summed E-state index contributed by atoms with van der Waals surface area (Å²) in [6.07, 6.45) is 0. The van der Waals surface area contributed by atoms with E-state index < -0.39 is 5.92 Å². The van der Waals surface area contributed by atoms with Gasteiger partial charge in [-0.2, -0.15) is 0 Å². The molecule has 94 valence electrons. The molecule has 1 aromatic carbocycles. The highest BCUT2D eigenvalue weighted by Crippen LogP contribution is 2.09. The summed E-state index contributed by atoms with van der Waals surface area (Å²) in [6.45, 7) is 3.93.